The standard InChI is InChI=1S/C12H20FNO4S/c1-12(2,3)18-11(15)14-9(8-5-6-8)7-10(13)19(4,16)17/h7-9H,5-6H2,1-4H3,(H,14,15)/b10-7+. The smallest absolute Gasteiger partial charge is 0.408 e. The van der Waals surface area contributed by atoms with Gasteiger partial charge in [0.25, 0.3) is 0 Å². The summed E-state index contributed by atoms with van der Waals surface area (Å²) >= 11 is 0. The van der Waals surface area contributed by atoms with Crippen LogP contribution in [0.3, 0.4) is 0 Å². The van der Waals surface area contributed by atoms with Gasteiger partial charge in [-0.05, 0) is 45.6 Å². The van der Waals surface area contributed by atoms with E-state index in [1.807, 2.05) is 0 Å². The van der Waals surface area contributed by atoms with Crippen LogP contribution in [0.4, 0.5) is 9.18 Å². The zero-order valence-corrected chi connectivity index (χ0v) is 12.4. The normalized spacial score (nSPS) is 18.9. The van der Waals surface area contributed by atoms with E-state index in [-0.39, 0.29) is 5.92 Å². The molecule has 0 aliphatic heterocycles. The predicted molar refractivity (Wildman–Crippen MR) is 69.9 cm³/mol. The van der Waals surface area contributed by atoms with Gasteiger partial charge in [0, 0.05) is 6.26 Å². The van der Waals surface area contributed by atoms with E-state index in [1.165, 1.54) is 0 Å². The summed E-state index contributed by atoms with van der Waals surface area (Å²) in [6, 6.07) is -0.649. The Labute approximate surface area is 113 Å². The monoisotopic (exact) mass is 293 g/mol. The van der Waals surface area contributed by atoms with E-state index in [0.29, 0.717) is 0 Å². The molecule has 19 heavy (non-hydrogen) atoms. The summed E-state index contributed by atoms with van der Waals surface area (Å²) in [5.74, 6) is 0.0695. The van der Waals surface area contributed by atoms with Crippen molar-refractivity contribution in [2.75, 3.05) is 6.26 Å². The Morgan fingerprint density at radius 2 is 1.95 bits per heavy atom. The molecule has 0 aromatic carbocycles. The number of sulfone groups is 1. The lowest BCUT2D eigenvalue weighted by Crippen LogP contribution is -2.39. The molecule has 1 fully saturated rings. The quantitative estimate of drug-likeness (QED) is 0.862. The Bertz CT molecular complexity index is 474. The highest BCUT2D eigenvalue weighted by Crippen LogP contribution is 2.34. The minimum atomic E-state index is -3.87. The summed E-state index contributed by atoms with van der Waals surface area (Å²) in [4.78, 5) is 11.6. The molecule has 1 aliphatic carbocycles. The van der Waals surface area contributed by atoms with E-state index in [4.69, 9.17) is 4.74 Å². The fourth-order valence-electron chi connectivity index (χ4n) is 1.46. The van der Waals surface area contributed by atoms with Gasteiger partial charge in [-0.1, -0.05) is 0 Å². The third-order valence-electron chi connectivity index (χ3n) is 2.48. The van der Waals surface area contributed by atoms with E-state index < -0.39 is 32.7 Å². The Morgan fingerprint density at radius 1 is 1.42 bits per heavy atom. The maximum absolute atomic E-state index is 13.4. The Morgan fingerprint density at radius 3 is 2.32 bits per heavy atom. The van der Waals surface area contributed by atoms with E-state index in [1.54, 1.807) is 20.8 Å². The van der Waals surface area contributed by atoms with Crippen LogP contribution in [-0.2, 0) is 14.6 Å². The first kappa shape index (κ1) is 15.9. The molecule has 0 saturated heterocycles. The molecule has 0 spiro atoms. The fourth-order valence-corrected chi connectivity index (χ4v) is 1.85. The molecule has 110 valence electrons. The van der Waals surface area contributed by atoms with E-state index in [0.717, 1.165) is 25.2 Å². The lowest BCUT2D eigenvalue weighted by Gasteiger charge is -2.22. The third kappa shape index (κ3) is 6.04. The van der Waals surface area contributed by atoms with Crippen molar-refractivity contribution in [3.05, 3.63) is 11.2 Å². The summed E-state index contributed by atoms with van der Waals surface area (Å²) in [6.07, 6.45) is 2.71. The van der Waals surface area contributed by atoms with Gasteiger partial charge in [0.2, 0.25) is 15.0 Å². The molecule has 1 aliphatic rings. The van der Waals surface area contributed by atoms with Gasteiger partial charge in [-0.3, -0.25) is 0 Å². The molecule has 1 saturated carbocycles. The molecule has 1 amide bonds. The van der Waals surface area contributed by atoms with Crippen LogP contribution in [-0.4, -0.2) is 32.4 Å². The average Bonchev–Trinajstić information content (AvgIpc) is 2.94. The third-order valence-corrected chi connectivity index (χ3v) is 3.32. The Balaban J connectivity index is 2.72. The van der Waals surface area contributed by atoms with Crippen LogP contribution < -0.4 is 5.32 Å². The van der Waals surface area contributed by atoms with Gasteiger partial charge in [0.15, 0.2) is 0 Å². The second-order valence-electron chi connectivity index (χ2n) is 5.75. The lowest BCUT2D eigenvalue weighted by atomic mass is 10.2. The second-order valence-corrected chi connectivity index (χ2v) is 7.69. The highest BCUT2D eigenvalue weighted by molar-refractivity contribution is 7.94. The number of hydrogen-bond donors (Lipinski definition) is 1. The van der Waals surface area contributed by atoms with Crippen molar-refractivity contribution in [2.24, 2.45) is 5.92 Å². The first-order valence-electron chi connectivity index (χ1n) is 6.06. The van der Waals surface area contributed by atoms with Crippen molar-refractivity contribution in [2.45, 2.75) is 45.3 Å². The topological polar surface area (TPSA) is 72.5 Å². The maximum atomic E-state index is 13.4. The highest BCUT2D eigenvalue weighted by atomic mass is 32.2. The summed E-state index contributed by atoms with van der Waals surface area (Å²) in [5.41, 5.74) is -0.655. The zero-order valence-electron chi connectivity index (χ0n) is 11.6. The van der Waals surface area contributed by atoms with Crippen LogP contribution in [0.1, 0.15) is 33.6 Å². The van der Waals surface area contributed by atoms with Gasteiger partial charge in [0.1, 0.15) is 5.60 Å². The van der Waals surface area contributed by atoms with Crippen molar-refractivity contribution in [1.29, 1.82) is 0 Å². The van der Waals surface area contributed by atoms with Crippen LogP contribution in [0.5, 0.6) is 0 Å². The lowest BCUT2D eigenvalue weighted by molar-refractivity contribution is 0.0509. The molecule has 1 atom stereocenters. The van der Waals surface area contributed by atoms with Crippen LogP contribution in [0.15, 0.2) is 11.2 Å². The molecule has 7 heteroatoms. The zero-order chi connectivity index (χ0) is 14.8. The van der Waals surface area contributed by atoms with Crippen molar-refractivity contribution < 1.29 is 22.3 Å². The number of ether oxygens (including phenoxy) is 1. The number of rotatable bonds is 4. The summed E-state index contributed by atoms with van der Waals surface area (Å²) in [6.45, 7) is 5.14. The molecule has 1 rings (SSSR count). The molecule has 1 unspecified atom stereocenters. The molecule has 0 aromatic heterocycles. The number of carbonyl (C=O) groups is 1. The van der Waals surface area contributed by atoms with Crippen LogP contribution in [0.2, 0.25) is 0 Å². The van der Waals surface area contributed by atoms with Gasteiger partial charge in [-0.2, -0.15) is 4.39 Å². The van der Waals surface area contributed by atoms with E-state index >= 15 is 0 Å². The number of carbonyl (C=O) groups excluding carboxylic acids is 1. The van der Waals surface area contributed by atoms with E-state index in [9.17, 15) is 17.6 Å². The van der Waals surface area contributed by atoms with E-state index in [2.05, 4.69) is 5.32 Å². The predicted octanol–water partition coefficient (Wildman–Crippen LogP) is 2.15. The Kier molecular flexibility index (Phi) is 4.60. The van der Waals surface area contributed by atoms with Crippen LogP contribution in [0, 0.1) is 5.92 Å². The van der Waals surface area contributed by atoms with Gasteiger partial charge in [-0.25, -0.2) is 13.2 Å². The SMILES string of the molecule is CC(C)(C)OC(=O)NC(/C=C(\F)S(C)(=O)=O)C1CC1. The first-order valence-corrected chi connectivity index (χ1v) is 7.95. The molecule has 0 radical (unpaired) electrons. The maximum Gasteiger partial charge on any atom is 0.408 e. The second kappa shape index (κ2) is 5.48. The molecule has 0 aromatic rings. The van der Waals surface area contributed by atoms with Gasteiger partial charge in [-0.15, -0.1) is 0 Å². The van der Waals surface area contributed by atoms with Crippen LogP contribution >= 0.6 is 0 Å². The van der Waals surface area contributed by atoms with Crippen molar-refractivity contribution in [1.82, 2.24) is 5.32 Å². The highest BCUT2D eigenvalue weighted by Gasteiger charge is 2.33. The number of alkyl carbamates (subject to hydrolysis) is 1. The van der Waals surface area contributed by atoms with Crippen molar-refractivity contribution >= 4 is 15.9 Å². The average molecular weight is 293 g/mol. The molecule has 5 nitrogen and oxygen atoms in total. The molecule has 0 bridgehead atoms. The van der Waals surface area contributed by atoms with Gasteiger partial charge >= 0.3 is 6.09 Å². The summed E-state index contributed by atoms with van der Waals surface area (Å²) in [5, 5.41) is 1.27. The fraction of sp³-hybridized carbons (Fsp3) is 0.750. The molecule has 1 N–H and O–H groups in total. The number of nitrogens with one attached hydrogen (secondary N) is 1. The number of hydrogen-bond acceptors (Lipinski definition) is 4. The molecular formula is C12H20FNO4S. The molecular weight excluding hydrogens is 273 g/mol. The van der Waals surface area contributed by atoms with Crippen molar-refractivity contribution in [3.63, 3.8) is 0 Å². The van der Waals surface area contributed by atoms with Crippen LogP contribution in [0.25, 0.3) is 0 Å². The summed E-state index contributed by atoms with van der Waals surface area (Å²) in [7, 11) is -3.87. The first-order chi connectivity index (χ1) is 8.49. The van der Waals surface area contributed by atoms with Gasteiger partial charge < -0.3 is 10.1 Å². The molecule has 0 heterocycles. The van der Waals surface area contributed by atoms with Crippen molar-refractivity contribution in [3.8, 4) is 0 Å². The minimum absolute atomic E-state index is 0.0695. The largest absolute Gasteiger partial charge is 0.444 e. The minimum Gasteiger partial charge on any atom is -0.444 e. The summed E-state index contributed by atoms with van der Waals surface area (Å²) < 4.78 is 40.6. The number of amides is 1. The van der Waals surface area contributed by atoms with Gasteiger partial charge in [0.05, 0.1) is 6.04 Å². The number of halogens is 1. The Hall–Kier alpha value is -1.11.